The number of nitrogens with zero attached hydrogens (tertiary/aromatic N) is 1. The van der Waals surface area contributed by atoms with E-state index in [0.29, 0.717) is 23.8 Å². The van der Waals surface area contributed by atoms with E-state index >= 15 is 0 Å². The molecule has 2 heterocycles. The van der Waals surface area contributed by atoms with Crippen molar-refractivity contribution in [2.45, 2.75) is 83.3 Å². The van der Waals surface area contributed by atoms with Crippen LogP contribution < -0.4 is 21.5 Å². The first-order chi connectivity index (χ1) is 14.1. The normalized spacial score (nSPS) is 42.9. The first-order valence-electron chi connectivity index (χ1n) is 11.7. The van der Waals surface area contributed by atoms with Crippen molar-refractivity contribution in [3.05, 3.63) is 0 Å². The van der Waals surface area contributed by atoms with Crippen molar-refractivity contribution in [1.82, 2.24) is 26.5 Å². The Labute approximate surface area is 174 Å². The van der Waals surface area contributed by atoms with Gasteiger partial charge in [0.05, 0.1) is 12.1 Å². The molecule has 0 aromatic carbocycles. The lowest BCUT2D eigenvalue weighted by molar-refractivity contribution is -0.126. The highest BCUT2D eigenvalue weighted by atomic mass is 16.7. The van der Waals surface area contributed by atoms with Crippen molar-refractivity contribution >= 4 is 5.91 Å². The van der Waals surface area contributed by atoms with Gasteiger partial charge >= 0.3 is 0 Å². The number of carbonyl (C=O) groups excluding carboxylic acids is 1. The van der Waals surface area contributed by atoms with E-state index in [9.17, 15) is 4.79 Å². The molecule has 2 saturated heterocycles. The topological polar surface area (TPSA) is 97.9 Å². The Kier molecular flexibility index (Phi) is 7.09. The van der Waals surface area contributed by atoms with Crippen LogP contribution >= 0.6 is 0 Å². The van der Waals surface area contributed by atoms with Crippen molar-refractivity contribution in [3.63, 3.8) is 0 Å². The van der Waals surface area contributed by atoms with Gasteiger partial charge in [-0.25, -0.2) is 5.01 Å². The summed E-state index contributed by atoms with van der Waals surface area (Å²) >= 11 is 0. The van der Waals surface area contributed by atoms with Gasteiger partial charge in [0.2, 0.25) is 5.91 Å². The number of aliphatic hydroxyl groups is 1. The van der Waals surface area contributed by atoms with Crippen LogP contribution in [0.2, 0.25) is 0 Å². The van der Waals surface area contributed by atoms with Crippen molar-refractivity contribution in [1.29, 1.82) is 0 Å². The number of carbonyl (C=O) groups is 1. The minimum atomic E-state index is -0.0147. The highest BCUT2D eigenvalue weighted by Crippen LogP contribution is 2.45. The number of hydrogen-bond donors (Lipinski definition) is 5. The number of rotatable bonds is 7. The Hall–Kier alpha value is -0.770. The largest absolute Gasteiger partial charge is 0.396 e. The van der Waals surface area contributed by atoms with E-state index in [2.05, 4.69) is 40.4 Å². The van der Waals surface area contributed by atoms with Crippen LogP contribution in [0.15, 0.2) is 0 Å². The summed E-state index contributed by atoms with van der Waals surface area (Å²) < 4.78 is 0. The predicted molar refractivity (Wildman–Crippen MR) is 110 cm³/mol. The van der Waals surface area contributed by atoms with E-state index in [0.717, 1.165) is 32.4 Å². The third-order valence-electron chi connectivity index (χ3n) is 7.65. The summed E-state index contributed by atoms with van der Waals surface area (Å²) in [6.45, 7) is 5.92. The van der Waals surface area contributed by atoms with E-state index in [1.54, 1.807) is 0 Å². The molecule has 2 aliphatic heterocycles. The zero-order valence-electron chi connectivity index (χ0n) is 17.9. The quantitative estimate of drug-likeness (QED) is 0.422. The van der Waals surface area contributed by atoms with E-state index < -0.39 is 0 Å². The zero-order chi connectivity index (χ0) is 20.4. The smallest absolute Gasteiger partial charge is 0.226 e. The fourth-order valence-electron chi connectivity index (χ4n) is 5.98. The van der Waals surface area contributed by atoms with Crippen LogP contribution in [0.25, 0.3) is 0 Å². The van der Waals surface area contributed by atoms with Crippen LogP contribution in [0.4, 0.5) is 0 Å². The third kappa shape index (κ3) is 4.78. The number of fused-ring (bicyclic) bond motifs is 1. The average Bonchev–Trinajstić information content (AvgIpc) is 3.44. The van der Waals surface area contributed by atoms with E-state index in [4.69, 9.17) is 9.94 Å². The van der Waals surface area contributed by atoms with E-state index in [1.807, 2.05) is 0 Å². The molecule has 4 fully saturated rings. The van der Waals surface area contributed by atoms with Crippen LogP contribution in [0.1, 0.15) is 58.8 Å². The second-order valence-corrected chi connectivity index (χ2v) is 9.51. The van der Waals surface area contributed by atoms with Crippen LogP contribution in [-0.2, 0) is 9.63 Å². The summed E-state index contributed by atoms with van der Waals surface area (Å²) in [5, 5.41) is 18.1. The maximum Gasteiger partial charge on any atom is 0.226 e. The summed E-state index contributed by atoms with van der Waals surface area (Å²) in [7, 11) is 0. The van der Waals surface area contributed by atoms with Gasteiger partial charge in [-0.1, -0.05) is 6.92 Å². The zero-order valence-corrected chi connectivity index (χ0v) is 17.9. The standard InChI is InChI=1S/C21H39N5O3/c1-3-19-23-20(25-29-19)15-5-7-16-14(11-15)6-8-18(16)22-21(28)17-12-26(9-4-10-27)24-13(17)2/h13-20,23-25,27H,3-12H2,1-2H3,(H,22,28)/t13?,14?,15?,16?,17?,18-,19?,20?/m1/s1. The van der Waals surface area contributed by atoms with Crippen LogP contribution in [-0.4, -0.2) is 60.2 Å². The lowest BCUT2D eigenvalue weighted by Crippen LogP contribution is -2.47. The summed E-state index contributed by atoms with van der Waals surface area (Å²) in [5.41, 5.74) is 6.58. The van der Waals surface area contributed by atoms with Gasteiger partial charge < -0.3 is 10.4 Å². The molecule has 29 heavy (non-hydrogen) atoms. The minimum absolute atomic E-state index is 0.0147. The van der Waals surface area contributed by atoms with Crippen molar-refractivity contribution in [3.8, 4) is 0 Å². The van der Waals surface area contributed by atoms with Gasteiger partial charge in [-0.3, -0.25) is 20.4 Å². The van der Waals surface area contributed by atoms with Crippen molar-refractivity contribution in [2.24, 2.45) is 23.7 Å². The maximum atomic E-state index is 13.0. The molecule has 8 nitrogen and oxygen atoms in total. The summed E-state index contributed by atoms with van der Waals surface area (Å²) in [6.07, 6.45) is 8.04. The van der Waals surface area contributed by atoms with E-state index in [-0.39, 0.29) is 36.9 Å². The second kappa shape index (κ2) is 9.58. The molecular weight excluding hydrogens is 370 g/mol. The second-order valence-electron chi connectivity index (χ2n) is 9.51. The molecule has 5 N–H and O–H groups in total. The van der Waals surface area contributed by atoms with Gasteiger partial charge in [0.15, 0.2) is 0 Å². The summed E-state index contributed by atoms with van der Waals surface area (Å²) in [4.78, 5) is 18.6. The Balaban J connectivity index is 1.26. The molecule has 4 rings (SSSR count). The van der Waals surface area contributed by atoms with E-state index in [1.165, 1.54) is 25.7 Å². The molecule has 0 radical (unpaired) electrons. The molecule has 4 aliphatic rings. The molecule has 8 atom stereocenters. The van der Waals surface area contributed by atoms with Gasteiger partial charge in [-0.15, -0.1) is 0 Å². The Morgan fingerprint density at radius 3 is 2.83 bits per heavy atom. The highest BCUT2D eigenvalue weighted by molar-refractivity contribution is 5.80. The molecule has 0 bridgehead atoms. The molecule has 0 spiro atoms. The Bertz CT molecular complexity index is 564. The molecular formula is C21H39N5O3. The Morgan fingerprint density at radius 2 is 2.07 bits per heavy atom. The average molecular weight is 410 g/mol. The van der Waals surface area contributed by atoms with Crippen LogP contribution in [0.3, 0.4) is 0 Å². The number of nitrogens with one attached hydrogen (secondary N) is 4. The lowest BCUT2D eigenvalue weighted by Gasteiger charge is -2.37. The monoisotopic (exact) mass is 409 g/mol. The van der Waals surface area contributed by atoms with Crippen LogP contribution in [0, 0.1) is 23.7 Å². The summed E-state index contributed by atoms with van der Waals surface area (Å²) in [6, 6.07) is 0.476. The van der Waals surface area contributed by atoms with Gasteiger partial charge in [0, 0.05) is 31.8 Å². The fraction of sp³-hybridized carbons (Fsp3) is 0.952. The first-order valence-corrected chi connectivity index (χ1v) is 11.7. The predicted octanol–water partition coefficient (Wildman–Crippen LogP) is 0.691. The molecule has 0 aromatic heterocycles. The van der Waals surface area contributed by atoms with Crippen molar-refractivity contribution < 1.29 is 14.7 Å². The SMILES string of the molecule is CCC1NC(C2CCC3C(CC[C@H]3NC(=O)C3CN(CCCO)NC3C)C2)NO1. The van der Waals surface area contributed by atoms with Gasteiger partial charge in [-0.2, -0.15) is 5.48 Å². The minimum Gasteiger partial charge on any atom is -0.396 e. The molecule has 2 saturated carbocycles. The van der Waals surface area contributed by atoms with Crippen LogP contribution in [0.5, 0.6) is 0 Å². The van der Waals surface area contributed by atoms with Gasteiger partial charge in [0.1, 0.15) is 6.23 Å². The number of hydrogen-bond acceptors (Lipinski definition) is 7. The Morgan fingerprint density at radius 1 is 1.24 bits per heavy atom. The molecule has 1 amide bonds. The fourth-order valence-corrected chi connectivity index (χ4v) is 5.98. The highest BCUT2D eigenvalue weighted by Gasteiger charge is 2.45. The number of aliphatic hydroxyl groups excluding tert-OH is 1. The molecule has 8 heteroatoms. The summed E-state index contributed by atoms with van der Waals surface area (Å²) in [5.74, 6) is 2.13. The number of amides is 1. The molecule has 166 valence electrons. The van der Waals surface area contributed by atoms with Gasteiger partial charge in [-0.05, 0) is 69.6 Å². The number of hydroxylamine groups is 1. The molecule has 0 aromatic rings. The molecule has 7 unspecified atom stereocenters. The first kappa shape index (κ1) is 21.5. The van der Waals surface area contributed by atoms with Gasteiger partial charge in [0.25, 0.3) is 0 Å². The lowest BCUT2D eigenvalue weighted by atomic mass is 9.73. The third-order valence-corrected chi connectivity index (χ3v) is 7.65. The van der Waals surface area contributed by atoms with Crippen molar-refractivity contribution in [2.75, 3.05) is 19.7 Å². The number of hydrazine groups is 1. The molecule has 2 aliphatic carbocycles. The maximum absolute atomic E-state index is 13.0.